The molecule has 0 spiro atoms. The van der Waals surface area contributed by atoms with Gasteiger partial charge >= 0.3 is 12.1 Å². The van der Waals surface area contributed by atoms with Crippen molar-refractivity contribution in [1.29, 1.82) is 0 Å². The van der Waals surface area contributed by atoms with Crippen molar-refractivity contribution in [2.75, 3.05) is 95.3 Å². The summed E-state index contributed by atoms with van der Waals surface area (Å²) in [5.41, 5.74) is 4.22. The Bertz CT molecular complexity index is 2690. The highest BCUT2D eigenvalue weighted by atomic mass is 32.2. The number of nitrogens with two attached hydrogens (primary N) is 1. The van der Waals surface area contributed by atoms with E-state index in [9.17, 15) is 36.7 Å². The van der Waals surface area contributed by atoms with Crippen molar-refractivity contribution in [2.24, 2.45) is 5.14 Å². The first-order chi connectivity index (χ1) is 31.5. The minimum absolute atomic E-state index is 0.0290. The van der Waals surface area contributed by atoms with Crippen LogP contribution in [0.3, 0.4) is 0 Å². The number of rotatable bonds is 14. The molecule has 354 valence electrons. The third-order valence-electron chi connectivity index (χ3n) is 9.78. The molecule has 1 unspecified atom stereocenters. The number of amides is 1. The number of anilines is 2. The molecule has 23 nitrogen and oxygen atoms in total. The number of aliphatic carboxylic acids is 1. The standard InChI is InChI=1S/C36H43N13O8S4.CO2.CH4S/c1-44-10-12-45(19-28(50)18-24-2-4-25(5-3-24)29-20-48-34(39-29)58-33(41-48)43-60(54)55)14-16-47(23-32(52)53)17-15-46(13-11-44)22-31(51)38-27-8-6-26(7-9-27)30-21-49-35(40-30)59-36(42-49)61(37,56)57;2-1-3;1-2/h2-9,20-21H,10-19,22-23H2,1H3,(H,38,51)(H,41,43)(H,52,53)(H,54,55)(H2,37,56,57);;2H,1H3. The third kappa shape index (κ3) is 15.4. The Hall–Kier alpha value is -5.36. The van der Waals surface area contributed by atoms with E-state index in [4.69, 9.17) is 14.7 Å². The van der Waals surface area contributed by atoms with Gasteiger partial charge in [-0.1, -0.05) is 59.1 Å². The minimum atomic E-state index is -3.93. The number of fused-ring (bicyclic) bond motifs is 2. The molecule has 0 saturated carbocycles. The second-order valence-electron chi connectivity index (χ2n) is 14.5. The summed E-state index contributed by atoms with van der Waals surface area (Å²) in [4.78, 5) is 72.6. The van der Waals surface area contributed by atoms with E-state index in [0.29, 0.717) is 79.4 Å². The van der Waals surface area contributed by atoms with E-state index < -0.39 is 27.3 Å². The summed E-state index contributed by atoms with van der Waals surface area (Å²) < 4.78 is 49.9. The van der Waals surface area contributed by atoms with Crippen molar-refractivity contribution in [1.82, 2.24) is 48.8 Å². The number of carbonyl (C=O) groups is 3. The van der Waals surface area contributed by atoms with Gasteiger partial charge in [-0.25, -0.2) is 32.6 Å². The Morgan fingerprint density at radius 2 is 1.29 bits per heavy atom. The number of nitrogens with zero attached hydrogens (tertiary/aromatic N) is 10. The first-order valence-electron chi connectivity index (χ1n) is 19.7. The van der Waals surface area contributed by atoms with Gasteiger partial charge in [0.1, 0.15) is 0 Å². The highest BCUT2D eigenvalue weighted by molar-refractivity contribution is 7.91. The minimum Gasteiger partial charge on any atom is -0.755 e. The molecule has 66 heavy (non-hydrogen) atoms. The molecular weight excluding hydrogens is 959 g/mol. The number of carboxylic acids is 1. The molecule has 1 aliphatic rings. The van der Waals surface area contributed by atoms with Crippen LogP contribution in [0.1, 0.15) is 5.56 Å². The van der Waals surface area contributed by atoms with Gasteiger partial charge in [-0.15, -0.1) is 10.2 Å². The van der Waals surface area contributed by atoms with Crippen LogP contribution in [0.25, 0.3) is 32.4 Å². The second kappa shape index (κ2) is 24.4. The topological polar surface area (TPSA) is 303 Å². The fraction of sp³-hybridized carbons (Fsp3) is 0.368. The van der Waals surface area contributed by atoms with Crippen molar-refractivity contribution in [3.63, 3.8) is 0 Å². The quantitative estimate of drug-likeness (QED) is 0.0812. The van der Waals surface area contributed by atoms with Gasteiger partial charge in [-0.3, -0.25) is 38.0 Å². The lowest BCUT2D eigenvalue weighted by molar-refractivity contribution is -0.191. The van der Waals surface area contributed by atoms with E-state index in [1.165, 1.54) is 9.03 Å². The van der Waals surface area contributed by atoms with E-state index >= 15 is 0 Å². The fourth-order valence-corrected chi connectivity index (χ4v) is 9.34. The Labute approximate surface area is 394 Å². The second-order valence-corrected chi connectivity index (χ2v) is 18.8. The number of carbonyl (C=O) groups excluding carboxylic acids is 4. The number of aromatic nitrogens is 6. The van der Waals surface area contributed by atoms with Gasteiger partial charge < -0.3 is 19.9 Å². The molecule has 0 bridgehead atoms. The predicted octanol–water partition coefficient (Wildman–Crippen LogP) is -0.187. The molecule has 6 aromatic rings. The van der Waals surface area contributed by atoms with Gasteiger partial charge in [-0.05, 0) is 37.4 Å². The Morgan fingerprint density at radius 1 is 0.803 bits per heavy atom. The number of hydrogen-bond donors (Lipinski definition) is 4. The summed E-state index contributed by atoms with van der Waals surface area (Å²) in [7, 11) is -1.94. The number of Topliss-reactive ketones (excluding diaryl/α,β-unsaturated/α-hetero) is 1. The van der Waals surface area contributed by atoms with Crippen LogP contribution in [-0.4, -0.2) is 180 Å². The number of benzene rings is 2. The SMILES string of the molecule is CN1CCN(CC(=O)Cc2ccc(-c3cn4nc(NS(=O)[O-])sc4n3)cc2)CCN(CC(=O)O)CCN(CC(=O)Nc2ccc(-c3cn4nc(S(N)(=O)=O)sc4n3)cc2)CC1.C[SH2+].O=C=O. The van der Waals surface area contributed by atoms with Crippen LogP contribution in [-0.2, 0) is 64.3 Å². The number of sulfonamides is 1. The number of imidazole rings is 2. The zero-order chi connectivity index (χ0) is 48.0. The van der Waals surface area contributed by atoms with Crippen molar-refractivity contribution in [3.05, 3.63) is 66.5 Å². The molecule has 2 aromatic carbocycles. The number of primary sulfonamides is 1. The summed E-state index contributed by atoms with van der Waals surface area (Å²) in [6.45, 7) is 4.36. The van der Waals surface area contributed by atoms with Crippen LogP contribution < -0.4 is 15.2 Å². The average molecular weight is 1010 g/mol. The molecule has 5 heterocycles. The highest BCUT2D eigenvalue weighted by Crippen LogP contribution is 2.26. The summed E-state index contributed by atoms with van der Waals surface area (Å²) in [5, 5.41) is 26.2. The molecule has 1 amide bonds. The van der Waals surface area contributed by atoms with E-state index in [-0.39, 0.29) is 53.4 Å². The molecule has 7 rings (SSSR count). The summed E-state index contributed by atoms with van der Waals surface area (Å²) >= 11 is 2.46. The van der Waals surface area contributed by atoms with Crippen LogP contribution in [0.4, 0.5) is 10.8 Å². The van der Waals surface area contributed by atoms with E-state index in [1.807, 2.05) is 41.1 Å². The number of carboxylic acid groups (broad SMARTS) is 1. The maximum atomic E-state index is 13.4. The summed E-state index contributed by atoms with van der Waals surface area (Å²) in [5.74, 6) is -1.16. The van der Waals surface area contributed by atoms with Gasteiger partial charge in [0.05, 0.1) is 49.7 Å². The highest BCUT2D eigenvalue weighted by Gasteiger charge is 2.21. The van der Waals surface area contributed by atoms with Gasteiger partial charge in [0.2, 0.25) is 25.3 Å². The third-order valence-corrected chi connectivity index (χ3v) is 13.3. The van der Waals surface area contributed by atoms with E-state index in [2.05, 4.69) is 52.6 Å². The maximum absolute atomic E-state index is 13.4. The predicted molar refractivity (Wildman–Crippen MR) is 249 cm³/mol. The fourth-order valence-electron chi connectivity index (χ4n) is 6.64. The van der Waals surface area contributed by atoms with Gasteiger partial charge in [0.15, 0.2) is 5.78 Å². The van der Waals surface area contributed by atoms with Crippen molar-refractivity contribution in [2.45, 2.75) is 10.8 Å². The zero-order valence-electron chi connectivity index (χ0n) is 35.6. The van der Waals surface area contributed by atoms with Crippen LogP contribution >= 0.6 is 22.7 Å². The number of likely N-dealkylation sites (N-methyl/N-ethyl adjacent to an activating group) is 1. The van der Waals surface area contributed by atoms with Crippen molar-refractivity contribution in [3.8, 4) is 22.5 Å². The first-order valence-corrected chi connectivity index (χ1v) is 25.0. The lowest BCUT2D eigenvalue weighted by atomic mass is 10.1. The monoisotopic (exact) mass is 1010 g/mol. The molecule has 5 N–H and O–H groups in total. The largest absolute Gasteiger partial charge is 0.755 e. The van der Waals surface area contributed by atoms with Gasteiger partial charge in [0, 0.05) is 86.9 Å². The van der Waals surface area contributed by atoms with E-state index in [0.717, 1.165) is 39.4 Å². The molecule has 28 heteroatoms. The number of nitrogens with one attached hydrogen (secondary N) is 2. The lowest BCUT2D eigenvalue weighted by Crippen LogP contribution is -2.48. The van der Waals surface area contributed by atoms with Gasteiger partial charge in [-0.2, -0.15) is 9.59 Å². The average Bonchev–Trinajstić information content (AvgIpc) is 4.04. The molecular formula is C38H47N13O10S5. The van der Waals surface area contributed by atoms with Crippen molar-refractivity contribution < 1.29 is 46.3 Å². The zero-order valence-corrected chi connectivity index (χ0v) is 39.8. The Morgan fingerprint density at radius 3 is 1.79 bits per heavy atom. The number of ketones is 1. The smallest absolute Gasteiger partial charge is 0.373 e. The Balaban J connectivity index is 0.00000157. The lowest BCUT2D eigenvalue weighted by Gasteiger charge is -2.32. The molecule has 1 aliphatic heterocycles. The Kier molecular flexibility index (Phi) is 19.1. The summed E-state index contributed by atoms with van der Waals surface area (Å²) in [6.07, 6.45) is 5.58. The summed E-state index contributed by atoms with van der Waals surface area (Å²) in [6, 6.07) is 14.6. The first kappa shape index (κ1) is 51.6. The van der Waals surface area contributed by atoms with Crippen molar-refractivity contribution >= 4 is 101 Å². The van der Waals surface area contributed by atoms with Crippen LogP contribution in [0.5, 0.6) is 0 Å². The molecule has 1 atom stereocenters. The molecule has 0 aliphatic carbocycles. The van der Waals surface area contributed by atoms with Gasteiger partial charge in [0.25, 0.3) is 10.0 Å². The van der Waals surface area contributed by atoms with E-state index in [1.54, 1.807) is 42.9 Å². The normalized spacial score (nSPS) is 15.3. The molecule has 1 fully saturated rings. The molecule has 4 aromatic heterocycles. The van der Waals surface area contributed by atoms with Crippen LogP contribution in [0.2, 0.25) is 0 Å². The molecule has 1 saturated heterocycles. The number of hydrogen-bond acceptors (Lipinski definition) is 19. The van der Waals surface area contributed by atoms with Crippen LogP contribution in [0.15, 0.2) is 65.3 Å². The van der Waals surface area contributed by atoms with Crippen LogP contribution in [0, 0.1) is 0 Å². The molecule has 0 radical (unpaired) electrons. The maximum Gasteiger partial charge on any atom is 0.373 e.